The molecule has 0 aromatic carbocycles. The molecule has 0 aliphatic carbocycles. The van der Waals surface area contributed by atoms with Crippen LogP contribution in [0.2, 0.25) is 0 Å². The maximum absolute atomic E-state index is 10.0. The van der Waals surface area contributed by atoms with E-state index in [2.05, 4.69) is 4.74 Å². The minimum Gasteiger partial charge on any atom is -0.434 e. The smallest absolute Gasteiger partial charge is 0.405 e. The van der Waals surface area contributed by atoms with Crippen molar-refractivity contribution in [2.24, 2.45) is 5.92 Å². The molecule has 9 heavy (non-hydrogen) atoms. The first kappa shape index (κ1) is 9.05. The van der Waals surface area contributed by atoms with Crippen molar-refractivity contribution in [3.8, 4) is 0 Å². The number of rotatable bonds is 2. The van der Waals surface area contributed by atoms with Crippen LogP contribution in [0.15, 0.2) is 0 Å². The number of carbonyl (C=O) groups is 1. The molecule has 0 unspecified atom stereocenters. The van der Waals surface area contributed by atoms with Crippen LogP contribution in [-0.2, 0) is 4.74 Å². The molecule has 0 rings (SSSR count). The largest absolute Gasteiger partial charge is 0.434 e. The monoisotopic (exact) mass is 170 g/mol. The van der Waals surface area contributed by atoms with Crippen LogP contribution < -0.4 is 0 Å². The zero-order valence-corrected chi connectivity index (χ0v) is 6.74. The normalized spacial score (nSPS) is 13.4. The molecule has 0 radical (unpaired) electrons. The molecular formula is C5H8Cl2O2. The Morgan fingerprint density at radius 3 is 2.11 bits per heavy atom. The van der Waals surface area contributed by atoms with E-state index in [1.807, 2.05) is 13.8 Å². The lowest BCUT2D eigenvalue weighted by atomic mass is 10.2. The molecule has 1 atom stereocenters. The summed E-state index contributed by atoms with van der Waals surface area (Å²) in [7, 11) is 0. The molecule has 2 nitrogen and oxygen atoms in total. The molecule has 0 aliphatic heterocycles. The Hall–Kier alpha value is 0.0500. The van der Waals surface area contributed by atoms with Crippen LogP contribution in [0.25, 0.3) is 0 Å². The van der Waals surface area contributed by atoms with Crippen molar-refractivity contribution in [3.05, 3.63) is 0 Å². The lowest BCUT2D eigenvalue weighted by Gasteiger charge is -2.10. The highest BCUT2D eigenvalue weighted by Crippen LogP contribution is 2.11. The van der Waals surface area contributed by atoms with Gasteiger partial charge in [-0.25, -0.2) is 4.79 Å². The lowest BCUT2D eigenvalue weighted by Crippen LogP contribution is -2.13. The second kappa shape index (κ2) is 3.96. The number of hydrogen-bond donors (Lipinski definition) is 0. The van der Waals surface area contributed by atoms with Gasteiger partial charge in [-0.05, 0) is 0 Å². The molecule has 0 heterocycles. The molecule has 54 valence electrons. The Morgan fingerprint density at radius 1 is 1.56 bits per heavy atom. The predicted molar refractivity (Wildman–Crippen MR) is 36.8 cm³/mol. The van der Waals surface area contributed by atoms with E-state index in [9.17, 15) is 4.79 Å². The number of hydrogen-bond acceptors (Lipinski definition) is 2. The first-order valence-electron chi connectivity index (χ1n) is 2.54. The van der Waals surface area contributed by atoms with Crippen LogP contribution >= 0.6 is 23.2 Å². The summed E-state index contributed by atoms with van der Waals surface area (Å²) < 4.78 is 4.40. The number of ether oxygens (including phenoxy) is 1. The van der Waals surface area contributed by atoms with Crippen molar-refractivity contribution < 1.29 is 9.53 Å². The fraction of sp³-hybridized carbons (Fsp3) is 0.800. The maximum Gasteiger partial charge on any atom is 0.405 e. The van der Waals surface area contributed by atoms with Crippen LogP contribution in [0.1, 0.15) is 13.8 Å². The van der Waals surface area contributed by atoms with E-state index >= 15 is 0 Å². The summed E-state index contributed by atoms with van der Waals surface area (Å²) in [6.07, 6.45) is 0. The van der Waals surface area contributed by atoms with E-state index in [4.69, 9.17) is 23.2 Å². The minimum absolute atomic E-state index is 0.0920. The van der Waals surface area contributed by atoms with Crippen molar-refractivity contribution in [1.82, 2.24) is 0 Å². The Labute approximate surface area is 64.1 Å². The topological polar surface area (TPSA) is 26.3 Å². The van der Waals surface area contributed by atoms with Gasteiger partial charge in [-0.2, -0.15) is 0 Å². The molecule has 0 spiro atoms. The third-order valence-corrected chi connectivity index (χ3v) is 1.41. The van der Waals surface area contributed by atoms with Crippen LogP contribution in [-0.4, -0.2) is 11.0 Å². The van der Waals surface area contributed by atoms with Crippen LogP contribution in [0, 0.1) is 5.92 Å². The number of carbonyl (C=O) groups excluding carboxylic acids is 1. The van der Waals surface area contributed by atoms with Gasteiger partial charge in [0.15, 0.2) is 5.56 Å². The molecule has 0 saturated carbocycles. The Kier molecular flexibility index (Phi) is 3.98. The molecular weight excluding hydrogens is 163 g/mol. The predicted octanol–water partition coefficient (Wildman–Crippen LogP) is 2.58. The van der Waals surface area contributed by atoms with Crippen LogP contribution in [0.3, 0.4) is 0 Å². The van der Waals surface area contributed by atoms with E-state index < -0.39 is 11.0 Å². The van der Waals surface area contributed by atoms with Crippen LogP contribution in [0.4, 0.5) is 4.79 Å². The van der Waals surface area contributed by atoms with E-state index in [0.29, 0.717) is 0 Å². The first-order valence-corrected chi connectivity index (χ1v) is 3.35. The molecule has 0 aromatic rings. The average Bonchev–Trinajstić information content (AvgIpc) is 1.63. The van der Waals surface area contributed by atoms with E-state index in [1.54, 1.807) is 0 Å². The quantitative estimate of drug-likeness (QED) is 0.471. The fourth-order valence-electron chi connectivity index (χ4n) is 0.225. The van der Waals surface area contributed by atoms with Gasteiger partial charge in [0.25, 0.3) is 0 Å². The molecule has 4 heteroatoms. The lowest BCUT2D eigenvalue weighted by molar-refractivity contribution is 0.138. The Bertz CT molecular complexity index is 103. The summed E-state index contributed by atoms with van der Waals surface area (Å²) in [5, 5.41) is 0. The maximum atomic E-state index is 10.0. The summed E-state index contributed by atoms with van der Waals surface area (Å²) in [6.45, 7) is 3.66. The van der Waals surface area contributed by atoms with Gasteiger partial charge >= 0.3 is 5.43 Å². The van der Waals surface area contributed by atoms with Crippen molar-refractivity contribution in [2.45, 2.75) is 19.4 Å². The third-order valence-electron chi connectivity index (χ3n) is 0.729. The summed E-state index contributed by atoms with van der Waals surface area (Å²) in [6, 6.07) is 0. The second-order valence-electron chi connectivity index (χ2n) is 1.95. The van der Waals surface area contributed by atoms with Gasteiger partial charge in [0.1, 0.15) is 0 Å². The minimum atomic E-state index is -0.858. The SMILES string of the molecule is CC(C)[C@@H](Cl)OC(=O)Cl. The first-order chi connectivity index (χ1) is 4.04. The zero-order valence-electron chi connectivity index (χ0n) is 5.23. The van der Waals surface area contributed by atoms with Crippen molar-refractivity contribution >= 4 is 28.6 Å². The summed E-state index contributed by atoms with van der Waals surface area (Å²) in [5.41, 5.74) is -1.47. The fourth-order valence-corrected chi connectivity index (χ4v) is 0.447. The molecule has 0 bridgehead atoms. The molecule has 0 fully saturated rings. The number of alkyl halides is 1. The van der Waals surface area contributed by atoms with Crippen LogP contribution in [0.5, 0.6) is 0 Å². The van der Waals surface area contributed by atoms with Gasteiger partial charge in [-0.3, -0.25) is 0 Å². The highest BCUT2D eigenvalue weighted by atomic mass is 35.5. The summed E-state index contributed by atoms with van der Waals surface area (Å²) in [4.78, 5) is 10.0. The summed E-state index contributed by atoms with van der Waals surface area (Å²) >= 11 is 10.4. The zero-order chi connectivity index (χ0) is 7.44. The summed E-state index contributed by atoms with van der Waals surface area (Å²) in [5.74, 6) is 0.0920. The van der Waals surface area contributed by atoms with E-state index in [1.165, 1.54) is 0 Å². The highest BCUT2D eigenvalue weighted by molar-refractivity contribution is 6.61. The van der Waals surface area contributed by atoms with Gasteiger partial charge in [0.05, 0.1) is 0 Å². The van der Waals surface area contributed by atoms with Gasteiger partial charge in [-0.15, -0.1) is 0 Å². The average molecular weight is 171 g/mol. The molecule has 0 amide bonds. The molecule has 0 saturated heterocycles. The van der Waals surface area contributed by atoms with Gasteiger partial charge in [-0.1, -0.05) is 25.4 Å². The Morgan fingerprint density at radius 2 is 2.00 bits per heavy atom. The molecule has 0 aliphatic rings. The second-order valence-corrected chi connectivity index (χ2v) is 2.69. The van der Waals surface area contributed by atoms with E-state index in [-0.39, 0.29) is 5.92 Å². The standard InChI is InChI=1S/C5H8Cl2O2/c1-3(2)4(6)9-5(7)8/h3-4H,1-2H3/t4-/m0/s1. The van der Waals surface area contributed by atoms with Gasteiger partial charge in [0.2, 0.25) is 0 Å². The van der Waals surface area contributed by atoms with Gasteiger partial charge < -0.3 is 4.74 Å². The van der Waals surface area contributed by atoms with Crippen molar-refractivity contribution in [2.75, 3.05) is 0 Å². The Balaban J connectivity index is 3.50. The third kappa shape index (κ3) is 4.55. The molecule has 0 N–H and O–H groups in total. The van der Waals surface area contributed by atoms with E-state index in [0.717, 1.165) is 0 Å². The highest BCUT2D eigenvalue weighted by Gasteiger charge is 2.12. The van der Waals surface area contributed by atoms with Crippen molar-refractivity contribution in [3.63, 3.8) is 0 Å². The molecule has 0 aromatic heterocycles. The number of halogens is 2. The van der Waals surface area contributed by atoms with Gasteiger partial charge in [0, 0.05) is 17.5 Å². The van der Waals surface area contributed by atoms with Crippen molar-refractivity contribution in [1.29, 1.82) is 0 Å².